The predicted molar refractivity (Wildman–Crippen MR) is 159 cm³/mol. The Kier molecular flexibility index (Phi) is 7.33. The molecule has 3 aromatic rings. The number of carbonyl (C=O) groups is 4. The molecule has 2 saturated heterocycles. The number of allylic oxidation sites excluding steroid dienone is 2. The average molecular weight is 732 g/mol. The monoisotopic (exact) mass is 730 g/mol. The third kappa shape index (κ3) is 4.15. The van der Waals surface area contributed by atoms with E-state index in [9.17, 15) is 37.5 Å². The van der Waals surface area contributed by atoms with Crippen molar-refractivity contribution in [3.63, 3.8) is 0 Å². The Morgan fingerprint density at radius 2 is 1.55 bits per heavy atom. The zero-order valence-electron chi connectivity index (χ0n) is 23.4. The van der Waals surface area contributed by atoms with Crippen LogP contribution in [0.4, 0.5) is 27.6 Å². The van der Waals surface area contributed by atoms with Gasteiger partial charge in [0.05, 0.1) is 18.4 Å². The van der Waals surface area contributed by atoms with Crippen LogP contribution in [-0.2, 0) is 25.7 Å². The van der Waals surface area contributed by atoms with Crippen molar-refractivity contribution in [1.82, 2.24) is 4.90 Å². The maximum atomic E-state index is 15.1. The fraction of sp³-hybridized carbons (Fsp3) is 0.290. The minimum atomic E-state index is -2.76. The van der Waals surface area contributed by atoms with Gasteiger partial charge in [0.1, 0.15) is 11.4 Å². The van der Waals surface area contributed by atoms with Crippen LogP contribution in [0.2, 0.25) is 5.02 Å². The molecule has 2 aliphatic carbocycles. The van der Waals surface area contributed by atoms with E-state index in [1.165, 1.54) is 29.5 Å². The number of nitrogens with zero attached hydrogens (tertiary/aromatic N) is 2. The number of aromatic hydroxyl groups is 1. The molecule has 1 N–H and O–H groups in total. The van der Waals surface area contributed by atoms with Gasteiger partial charge in [-0.05, 0) is 48.4 Å². The first-order valence-electron chi connectivity index (χ1n) is 14.0. The largest absolute Gasteiger partial charge is 0.508 e. The average Bonchev–Trinajstić information content (AvgIpc) is 3.68. The molecule has 3 heterocycles. The van der Waals surface area contributed by atoms with Crippen LogP contribution < -0.4 is 4.90 Å². The molecule has 7 rings (SSSR count). The summed E-state index contributed by atoms with van der Waals surface area (Å²) >= 11 is 21.7. The predicted octanol–water partition coefficient (Wildman–Crippen LogP) is 6.57. The van der Waals surface area contributed by atoms with E-state index < -0.39 is 104 Å². The van der Waals surface area contributed by atoms with Crippen molar-refractivity contribution in [2.45, 2.75) is 35.1 Å². The van der Waals surface area contributed by atoms with Gasteiger partial charge in [0.15, 0.2) is 33.0 Å². The fourth-order valence-electron chi connectivity index (χ4n) is 7.45. The number of hydrogen-bond acceptors (Lipinski definition) is 6. The Bertz CT molecular complexity index is 1950. The van der Waals surface area contributed by atoms with Gasteiger partial charge in [-0.1, -0.05) is 29.3 Å². The van der Waals surface area contributed by atoms with Gasteiger partial charge in [0.25, 0.3) is 11.8 Å². The smallest absolute Gasteiger partial charge is 0.258 e. The quantitative estimate of drug-likeness (QED) is 0.0819. The van der Waals surface area contributed by atoms with Crippen LogP contribution >= 0.6 is 46.1 Å². The second-order valence-corrected chi connectivity index (χ2v) is 14.4. The number of imide groups is 2. The van der Waals surface area contributed by atoms with Gasteiger partial charge < -0.3 is 5.11 Å². The maximum Gasteiger partial charge on any atom is 0.258 e. The Morgan fingerprint density at radius 1 is 0.894 bits per heavy atom. The Morgan fingerprint density at radius 3 is 2.19 bits per heavy atom. The summed E-state index contributed by atoms with van der Waals surface area (Å²) < 4.78 is 72.9. The molecular formula is C31H18Cl3F5N2O5S. The van der Waals surface area contributed by atoms with E-state index in [0.717, 1.165) is 11.0 Å². The van der Waals surface area contributed by atoms with Gasteiger partial charge in [0, 0.05) is 21.4 Å². The number of thiophene rings is 1. The van der Waals surface area contributed by atoms with E-state index in [1.807, 2.05) is 0 Å². The Balaban J connectivity index is 1.43. The second kappa shape index (κ2) is 10.7. The van der Waals surface area contributed by atoms with Crippen LogP contribution in [0, 0.1) is 46.8 Å². The summed E-state index contributed by atoms with van der Waals surface area (Å²) in [6.45, 7) is -0.0280. The lowest BCUT2D eigenvalue weighted by Crippen LogP contribution is -2.60. The molecule has 7 nitrogen and oxygen atoms in total. The van der Waals surface area contributed by atoms with Crippen molar-refractivity contribution in [3.8, 4) is 5.75 Å². The highest BCUT2D eigenvalue weighted by Gasteiger charge is 2.77. The number of phenols is 1. The first-order valence-corrected chi connectivity index (χ1v) is 16.0. The minimum absolute atomic E-state index is 0.0222. The van der Waals surface area contributed by atoms with Crippen molar-refractivity contribution in [3.05, 3.63) is 91.9 Å². The lowest BCUT2D eigenvalue weighted by Gasteiger charge is -2.50. The number of likely N-dealkylation sites (tertiary alicyclic amines) is 1. The fourth-order valence-corrected chi connectivity index (χ4v) is 9.25. The highest BCUT2D eigenvalue weighted by Crippen LogP contribution is 2.66. The van der Waals surface area contributed by atoms with Crippen molar-refractivity contribution in [2.24, 2.45) is 17.8 Å². The van der Waals surface area contributed by atoms with E-state index in [0.29, 0.717) is 4.88 Å². The standard InChI is InChI=1S/C31H18Cl3F5N2O5S/c32-11-3-6-17(42)15(8-11)19-13-4-5-14-18(27(44)40(26(14)43)10-12-2-1-7-47-12)16(13)9-30(33)28(45)41(29(46)31(19,30)34)25-23(38)21(36)20(35)22(37)24(25)39/h1-4,6-8,14,16,18-19,42H,5,9-10H2. The molecule has 6 unspecified atom stereocenters. The molecule has 2 aromatic carbocycles. The van der Waals surface area contributed by atoms with E-state index in [1.54, 1.807) is 17.5 Å². The summed E-state index contributed by atoms with van der Waals surface area (Å²) in [6.07, 6.45) is 0.868. The number of carbonyl (C=O) groups excluding carboxylic acids is 4. The molecule has 1 saturated carbocycles. The van der Waals surface area contributed by atoms with Crippen LogP contribution in [0.25, 0.3) is 0 Å². The lowest BCUT2D eigenvalue weighted by atomic mass is 9.56. The van der Waals surface area contributed by atoms with Crippen LogP contribution in [0.1, 0.15) is 29.2 Å². The van der Waals surface area contributed by atoms with Crippen molar-refractivity contribution in [1.29, 1.82) is 0 Å². The molecular weight excluding hydrogens is 714 g/mol. The molecule has 0 bridgehead atoms. The van der Waals surface area contributed by atoms with Crippen LogP contribution in [0.3, 0.4) is 0 Å². The number of halogens is 8. The van der Waals surface area contributed by atoms with Crippen LogP contribution in [0.5, 0.6) is 5.75 Å². The molecule has 3 fully saturated rings. The summed E-state index contributed by atoms with van der Waals surface area (Å²) in [5.74, 6) is -22.0. The molecule has 244 valence electrons. The molecule has 6 atom stereocenters. The summed E-state index contributed by atoms with van der Waals surface area (Å²) in [5, 5.41) is 12.8. The van der Waals surface area contributed by atoms with Gasteiger partial charge in [-0.2, -0.15) is 0 Å². The van der Waals surface area contributed by atoms with E-state index in [-0.39, 0.29) is 34.0 Å². The van der Waals surface area contributed by atoms with Gasteiger partial charge in [-0.3, -0.25) is 24.1 Å². The SMILES string of the molecule is O=C1C2CC=C3C(CC4(Cl)C(=O)N(c5c(F)c(F)c(F)c(F)c5F)C(=O)C4(Cl)C3c3cc(Cl)ccc3O)C2C(=O)N1Cc1cccs1. The van der Waals surface area contributed by atoms with Crippen LogP contribution in [0.15, 0.2) is 47.4 Å². The number of hydrogen-bond donors (Lipinski definition) is 1. The van der Waals surface area contributed by atoms with Gasteiger partial charge in [-0.15, -0.1) is 34.5 Å². The topological polar surface area (TPSA) is 95.0 Å². The second-order valence-electron chi connectivity index (χ2n) is 11.7. The zero-order valence-corrected chi connectivity index (χ0v) is 26.5. The van der Waals surface area contributed by atoms with Crippen molar-refractivity contribution < 1.29 is 46.2 Å². The van der Waals surface area contributed by atoms with E-state index in [2.05, 4.69) is 0 Å². The number of benzene rings is 2. The number of fused-ring (bicyclic) bond motifs is 4. The first kappa shape index (κ1) is 32.0. The summed E-state index contributed by atoms with van der Waals surface area (Å²) in [4.78, 5) is 52.0. The van der Waals surface area contributed by atoms with E-state index >= 15 is 8.78 Å². The Hall–Kier alpha value is -3.52. The first-order chi connectivity index (χ1) is 22.1. The zero-order chi connectivity index (χ0) is 33.9. The third-order valence-electron chi connectivity index (χ3n) is 9.51. The van der Waals surface area contributed by atoms with Crippen molar-refractivity contribution in [2.75, 3.05) is 4.90 Å². The van der Waals surface area contributed by atoms with Gasteiger partial charge in [0.2, 0.25) is 17.6 Å². The molecule has 4 aliphatic rings. The third-order valence-corrected chi connectivity index (χ3v) is 12.0. The van der Waals surface area contributed by atoms with E-state index in [4.69, 9.17) is 34.8 Å². The van der Waals surface area contributed by atoms with Gasteiger partial charge in [-0.25, -0.2) is 26.9 Å². The number of amides is 4. The normalized spacial score (nSPS) is 30.1. The molecule has 0 radical (unpaired) electrons. The summed E-state index contributed by atoms with van der Waals surface area (Å²) in [6, 6.07) is 7.14. The number of rotatable bonds is 4. The molecule has 16 heteroatoms. The van der Waals surface area contributed by atoms with Gasteiger partial charge >= 0.3 is 0 Å². The minimum Gasteiger partial charge on any atom is -0.508 e. The van der Waals surface area contributed by atoms with Crippen molar-refractivity contribution >= 4 is 75.5 Å². The number of alkyl halides is 2. The summed E-state index contributed by atoms with van der Waals surface area (Å²) in [7, 11) is 0. The number of phenolic OH excluding ortho intramolecular Hbond substituents is 1. The molecule has 1 aromatic heterocycles. The molecule has 47 heavy (non-hydrogen) atoms. The lowest BCUT2D eigenvalue weighted by molar-refractivity contribution is -0.141. The maximum absolute atomic E-state index is 15.1. The highest BCUT2D eigenvalue weighted by atomic mass is 35.5. The number of anilines is 1. The highest BCUT2D eigenvalue weighted by molar-refractivity contribution is 7.09. The molecule has 0 spiro atoms. The Labute approximate surface area is 281 Å². The van der Waals surface area contributed by atoms with Crippen LogP contribution in [-0.4, -0.2) is 43.4 Å². The summed E-state index contributed by atoms with van der Waals surface area (Å²) in [5.41, 5.74) is -1.85. The molecule has 2 aliphatic heterocycles. The molecule has 4 amide bonds.